The number of allylic oxidation sites excluding steroid dienone is 1. The number of rotatable bonds is 5. The minimum atomic E-state index is -1.07. The fourth-order valence-electron chi connectivity index (χ4n) is 2.87. The van der Waals surface area contributed by atoms with Gasteiger partial charge in [0.1, 0.15) is 5.76 Å². The van der Waals surface area contributed by atoms with E-state index in [4.69, 9.17) is 9.47 Å². The Bertz CT molecular complexity index is 501. The van der Waals surface area contributed by atoms with Crippen molar-refractivity contribution in [2.45, 2.75) is 66.6 Å². The number of aliphatic hydroxyl groups excluding tert-OH is 1. The number of hydrazine groups is 1. The molecule has 1 fully saturated rings. The van der Waals surface area contributed by atoms with Gasteiger partial charge in [0.15, 0.2) is 18.7 Å². The minimum absolute atomic E-state index is 0.178. The largest absolute Gasteiger partial charge is 0.471 e. The highest BCUT2D eigenvalue weighted by Gasteiger charge is 2.50. The molecule has 2 amide bonds. The molecule has 1 N–H and O–H groups in total. The van der Waals surface area contributed by atoms with Crippen LogP contribution in [-0.2, 0) is 9.47 Å². The van der Waals surface area contributed by atoms with Gasteiger partial charge in [-0.05, 0) is 12.8 Å². The molecule has 0 bridgehead atoms. The number of ether oxygens (including phenoxy) is 2. The third-order valence-electron chi connectivity index (χ3n) is 4.19. The maximum absolute atomic E-state index is 12.7. The van der Waals surface area contributed by atoms with E-state index in [1.165, 1.54) is 9.91 Å². The zero-order valence-electron chi connectivity index (χ0n) is 15.8. The molecule has 2 aliphatic rings. The van der Waals surface area contributed by atoms with Gasteiger partial charge in [-0.15, -0.1) is 0 Å². The summed E-state index contributed by atoms with van der Waals surface area (Å²) in [6.07, 6.45) is 0.503. The molecule has 0 spiro atoms. The Morgan fingerprint density at radius 1 is 1.38 bits per heavy atom. The van der Waals surface area contributed by atoms with E-state index in [9.17, 15) is 9.90 Å². The van der Waals surface area contributed by atoms with E-state index in [-0.39, 0.29) is 17.7 Å². The molecule has 24 heavy (non-hydrogen) atoms. The van der Waals surface area contributed by atoms with Gasteiger partial charge in [-0.1, -0.05) is 34.6 Å². The van der Waals surface area contributed by atoms with Crippen LogP contribution >= 0.6 is 0 Å². The maximum Gasteiger partial charge on any atom is 0.343 e. The molecule has 3 atom stereocenters. The van der Waals surface area contributed by atoms with E-state index in [1.807, 2.05) is 13.1 Å². The van der Waals surface area contributed by atoms with E-state index in [1.54, 1.807) is 12.1 Å². The molecule has 3 unspecified atom stereocenters. The third-order valence-corrected chi connectivity index (χ3v) is 4.19. The summed E-state index contributed by atoms with van der Waals surface area (Å²) < 4.78 is 11.6. The highest BCUT2D eigenvalue weighted by Crippen LogP contribution is 2.37. The van der Waals surface area contributed by atoms with E-state index in [2.05, 4.69) is 34.6 Å². The van der Waals surface area contributed by atoms with Crippen molar-refractivity contribution in [3.63, 3.8) is 0 Å². The van der Waals surface area contributed by atoms with Gasteiger partial charge in [0.05, 0.1) is 6.20 Å². The smallest absolute Gasteiger partial charge is 0.343 e. The zero-order valence-corrected chi connectivity index (χ0v) is 15.8. The summed E-state index contributed by atoms with van der Waals surface area (Å²) >= 11 is 0. The number of hydrogen-bond acceptors (Lipinski definition) is 5. The Labute approximate surface area is 144 Å². The van der Waals surface area contributed by atoms with Crippen LogP contribution in [-0.4, -0.2) is 58.4 Å². The number of hydrogen-bond donors (Lipinski definition) is 1. The molecule has 2 aliphatic heterocycles. The number of urea groups is 1. The van der Waals surface area contributed by atoms with Crippen LogP contribution in [0.4, 0.5) is 4.79 Å². The highest BCUT2D eigenvalue weighted by atomic mass is 16.5. The molecule has 1 saturated heterocycles. The number of nitrogens with zero attached hydrogens (tertiary/aromatic N) is 3. The standard InChI is InChI=1S/C17H31N3O4/c1-8-23-15-14(21)20(16(22)18(15)7)19-10-12(17(4,5)6)24-13(19)9-11(2)3/h10-11,13-15,21H,8-9H2,1-7H3. The third kappa shape index (κ3) is 3.47. The second-order valence-corrected chi connectivity index (χ2v) is 7.82. The van der Waals surface area contributed by atoms with E-state index in [0.29, 0.717) is 12.5 Å². The number of amides is 2. The van der Waals surface area contributed by atoms with Gasteiger partial charge >= 0.3 is 6.03 Å². The summed E-state index contributed by atoms with van der Waals surface area (Å²) in [7, 11) is 1.63. The first-order chi connectivity index (χ1) is 11.1. The summed E-state index contributed by atoms with van der Waals surface area (Å²) in [5, 5.41) is 13.7. The lowest BCUT2D eigenvalue weighted by Gasteiger charge is -2.34. The zero-order chi connectivity index (χ0) is 18.2. The monoisotopic (exact) mass is 341 g/mol. The van der Waals surface area contributed by atoms with Crippen molar-refractivity contribution in [3.05, 3.63) is 12.0 Å². The van der Waals surface area contributed by atoms with E-state index < -0.39 is 12.5 Å². The first-order valence-corrected chi connectivity index (χ1v) is 8.60. The Hall–Kier alpha value is -1.47. The summed E-state index contributed by atoms with van der Waals surface area (Å²) in [6.45, 7) is 12.7. The predicted molar refractivity (Wildman–Crippen MR) is 90.1 cm³/mol. The summed E-state index contributed by atoms with van der Waals surface area (Å²) in [5.74, 6) is 1.19. The Kier molecular flexibility index (Phi) is 5.34. The Balaban J connectivity index is 2.31. The average Bonchev–Trinajstić information content (AvgIpc) is 2.94. The molecule has 0 aromatic rings. The van der Waals surface area contributed by atoms with Crippen LogP contribution in [0.2, 0.25) is 0 Å². The topological polar surface area (TPSA) is 65.5 Å². The molecule has 7 heteroatoms. The second-order valence-electron chi connectivity index (χ2n) is 7.82. The van der Waals surface area contributed by atoms with Crippen LogP contribution in [0.25, 0.3) is 0 Å². The van der Waals surface area contributed by atoms with Gasteiger partial charge in [-0.2, -0.15) is 5.01 Å². The lowest BCUT2D eigenvalue weighted by molar-refractivity contribution is -0.166. The lowest BCUT2D eigenvalue weighted by Crippen LogP contribution is -2.50. The SMILES string of the molecule is CCOC1C(O)N(N2C=C(C(C)(C)C)OC2CC(C)C)C(=O)N1C. The molecular weight excluding hydrogens is 310 g/mol. The lowest BCUT2D eigenvalue weighted by atomic mass is 9.94. The predicted octanol–water partition coefficient (Wildman–Crippen LogP) is 2.54. The van der Waals surface area contributed by atoms with Crippen molar-refractivity contribution < 1.29 is 19.4 Å². The Morgan fingerprint density at radius 2 is 2.00 bits per heavy atom. The van der Waals surface area contributed by atoms with Crippen molar-refractivity contribution in [1.29, 1.82) is 0 Å². The average molecular weight is 341 g/mol. The van der Waals surface area contributed by atoms with Gasteiger partial charge in [0.25, 0.3) is 0 Å². The van der Waals surface area contributed by atoms with Crippen LogP contribution < -0.4 is 0 Å². The normalized spacial score (nSPS) is 28.0. The van der Waals surface area contributed by atoms with Crippen LogP contribution in [0.1, 0.15) is 48.0 Å². The number of carbonyl (C=O) groups excluding carboxylic acids is 1. The van der Waals surface area contributed by atoms with Crippen LogP contribution in [0.15, 0.2) is 12.0 Å². The molecular formula is C17H31N3O4. The molecule has 0 aliphatic carbocycles. The number of carbonyl (C=O) groups is 1. The molecule has 0 aromatic heterocycles. The molecule has 2 heterocycles. The van der Waals surface area contributed by atoms with Gasteiger partial charge in [-0.25, -0.2) is 9.80 Å². The van der Waals surface area contributed by atoms with Crippen molar-refractivity contribution in [2.24, 2.45) is 11.3 Å². The van der Waals surface area contributed by atoms with Crippen LogP contribution in [0, 0.1) is 11.3 Å². The van der Waals surface area contributed by atoms with Gasteiger partial charge < -0.3 is 14.6 Å². The number of aliphatic hydroxyl groups is 1. The van der Waals surface area contributed by atoms with Gasteiger partial charge in [0, 0.05) is 25.5 Å². The summed E-state index contributed by atoms with van der Waals surface area (Å²) in [4.78, 5) is 14.1. The van der Waals surface area contributed by atoms with Crippen molar-refractivity contribution >= 4 is 6.03 Å². The first kappa shape index (κ1) is 18.9. The first-order valence-electron chi connectivity index (χ1n) is 8.60. The van der Waals surface area contributed by atoms with Crippen molar-refractivity contribution in [2.75, 3.05) is 13.7 Å². The summed E-state index contributed by atoms with van der Waals surface area (Å²) in [6, 6.07) is -0.301. The molecule has 138 valence electrons. The van der Waals surface area contributed by atoms with E-state index in [0.717, 1.165) is 12.2 Å². The van der Waals surface area contributed by atoms with Crippen LogP contribution in [0.3, 0.4) is 0 Å². The van der Waals surface area contributed by atoms with Crippen molar-refractivity contribution in [3.8, 4) is 0 Å². The molecule has 0 radical (unpaired) electrons. The highest BCUT2D eigenvalue weighted by molar-refractivity contribution is 5.76. The Morgan fingerprint density at radius 3 is 2.50 bits per heavy atom. The van der Waals surface area contributed by atoms with Crippen LogP contribution in [0.5, 0.6) is 0 Å². The summed E-state index contributed by atoms with van der Waals surface area (Å²) in [5.41, 5.74) is -0.178. The van der Waals surface area contributed by atoms with Gasteiger partial charge in [0.2, 0.25) is 0 Å². The van der Waals surface area contributed by atoms with Crippen molar-refractivity contribution in [1.82, 2.24) is 14.9 Å². The fraction of sp³-hybridized carbons (Fsp3) is 0.824. The van der Waals surface area contributed by atoms with E-state index >= 15 is 0 Å². The quantitative estimate of drug-likeness (QED) is 0.832. The second kappa shape index (κ2) is 6.80. The minimum Gasteiger partial charge on any atom is -0.471 e. The number of likely N-dealkylation sites (N-methyl/N-ethyl adjacent to an activating group) is 1. The maximum atomic E-state index is 12.7. The van der Waals surface area contributed by atoms with Gasteiger partial charge in [-0.3, -0.25) is 4.90 Å². The molecule has 7 nitrogen and oxygen atoms in total. The molecule has 0 aromatic carbocycles. The fourth-order valence-corrected chi connectivity index (χ4v) is 2.87. The molecule has 0 saturated carbocycles. The molecule has 2 rings (SSSR count).